The molecule has 0 amide bonds. The Bertz CT molecular complexity index is 1400. The highest BCUT2D eigenvalue weighted by atomic mass is 32.2. The Morgan fingerprint density at radius 3 is 1.70 bits per heavy atom. The molecule has 0 aromatic heterocycles. The van der Waals surface area contributed by atoms with Crippen LogP contribution in [-0.2, 0) is 56.3 Å². The van der Waals surface area contributed by atoms with Crippen LogP contribution in [0.2, 0.25) is 0 Å². The second-order valence-electron chi connectivity index (χ2n) is 11.1. The third kappa shape index (κ3) is 8.12. The highest BCUT2D eigenvalue weighted by Crippen LogP contribution is 2.37. The summed E-state index contributed by atoms with van der Waals surface area (Å²) in [4.78, 5) is 12.8. The molecule has 4 rings (SSSR count). The van der Waals surface area contributed by atoms with Crippen molar-refractivity contribution in [2.75, 3.05) is 14.2 Å². The zero-order valence-electron chi connectivity index (χ0n) is 25.8. The first kappa shape index (κ1) is 33.8. The van der Waals surface area contributed by atoms with Crippen LogP contribution in [0.3, 0.4) is 0 Å². The molecular formula is C34H42O9S. The number of hydrogen-bond donors (Lipinski definition) is 0. The van der Waals surface area contributed by atoms with Crippen molar-refractivity contribution in [3.63, 3.8) is 0 Å². The first-order chi connectivity index (χ1) is 21.2. The normalized spacial score (nSPS) is 23.6. The lowest BCUT2D eigenvalue weighted by atomic mass is 9.90. The van der Waals surface area contributed by atoms with Gasteiger partial charge in [0.1, 0.15) is 35.8 Å². The van der Waals surface area contributed by atoms with Gasteiger partial charge in [-0.3, -0.25) is 4.79 Å². The molecule has 44 heavy (non-hydrogen) atoms. The molecule has 0 bridgehead atoms. The third-order valence-electron chi connectivity index (χ3n) is 7.64. The van der Waals surface area contributed by atoms with Gasteiger partial charge in [-0.2, -0.15) is 0 Å². The fraction of sp³-hybridized carbons (Fsp3) is 0.441. The topological polar surface area (TPSA) is 107 Å². The molecule has 0 aliphatic carbocycles. The van der Waals surface area contributed by atoms with Gasteiger partial charge in [-0.15, -0.1) is 0 Å². The largest absolute Gasteiger partial charge is 0.458 e. The molecule has 0 spiro atoms. The number of ether oxygens (including phenoxy) is 6. The Balaban J connectivity index is 1.82. The van der Waals surface area contributed by atoms with Crippen LogP contribution >= 0.6 is 0 Å². The minimum atomic E-state index is -4.03. The quantitative estimate of drug-likeness (QED) is 0.229. The van der Waals surface area contributed by atoms with Crippen LogP contribution in [0.15, 0.2) is 95.9 Å². The van der Waals surface area contributed by atoms with Gasteiger partial charge in [-0.05, 0) is 29.2 Å². The van der Waals surface area contributed by atoms with E-state index < -0.39 is 63.8 Å². The van der Waals surface area contributed by atoms with Gasteiger partial charge in [0.25, 0.3) is 0 Å². The second-order valence-corrected chi connectivity index (χ2v) is 13.2. The number of esters is 1. The SMILES string of the molecule is CO[C@@H]1O[C@H](C(OC(C)=O)C(C(C)C)S(=O)(=O)c2ccccc2)[C@H](OCc2ccccc2)[C@@H](OCc2ccccc2)[C@H]1OC. The molecule has 3 aromatic carbocycles. The number of hydrogen-bond acceptors (Lipinski definition) is 9. The van der Waals surface area contributed by atoms with Crippen molar-refractivity contribution in [1.82, 2.24) is 0 Å². The number of carbonyl (C=O) groups is 1. The third-order valence-corrected chi connectivity index (χ3v) is 10.1. The van der Waals surface area contributed by atoms with E-state index in [9.17, 15) is 13.2 Å². The molecule has 0 radical (unpaired) electrons. The van der Waals surface area contributed by atoms with E-state index in [0.717, 1.165) is 11.1 Å². The van der Waals surface area contributed by atoms with Gasteiger partial charge in [0.2, 0.25) is 0 Å². The number of rotatable bonds is 14. The summed E-state index contributed by atoms with van der Waals surface area (Å²) >= 11 is 0. The molecule has 9 nitrogen and oxygen atoms in total. The molecule has 3 aromatic rings. The Kier molecular flexibility index (Phi) is 12.1. The predicted molar refractivity (Wildman–Crippen MR) is 164 cm³/mol. The molecule has 1 fully saturated rings. The first-order valence-corrected chi connectivity index (χ1v) is 16.2. The Morgan fingerprint density at radius 2 is 1.25 bits per heavy atom. The average Bonchev–Trinajstić information content (AvgIpc) is 3.02. The molecule has 1 aliphatic heterocycles. The van der Waals surface area contributed by atoms with Gasteiger partial charge in [-0.1, -0.05) is 92.7 Å². The maximum Gasteiger partial charge on any atom is 0.303 e. The highest BCUT2D eigenvalue weighted by molar-refractivity contribution is 7.92. The summed E-state index contributed by atoms with van der Waals surface area (Å²) in [5.74, 6) is -1.13. The van der Waals surface area contributed by atoms with Crippen LogP contribution in [0.4, 0.5) is 0 Å². The van der Waals surface area contributed by atoms with Gasteiger partial charge in [0.05, 0.1) is 18.1 Å². The lowest BCUT2D eigenvalue weighted by Crippen LogP contribution is -2.66. The van der Waals surface area contributed by atoms with E-state index in [-0.39, 0.29) is 18.1 Å². The minimum absolute atomic E-state index is 0.114. The van der Waals surface area contributed by atoms with Crippen LogP contribution in [0.5, 0.6) is 0 Å². The van der Waals surface area contributed by atoms with Crippen molar-refractivity contribution in [2.24, 2.45) is 5.92 Å². The smallest absolute Gasteiger partial charge is 0.303 e. The van der Waals surface area contributed by atoms with Crippen molar-refractivity contribution < 1.29 is 41.6 Å². The minimum Gasteiger partial charge on any atom is -0.458 e. The average molecular weight is 627 g/mol. The molecule has 1 aliphatic rings. The van der Waals surface area contributed by atoms with E-state index in [2.05, 4.69) is 0 Å². The monoisotopic (exact) mass is 626 g/mol. The second kappa shape index (κ2) is 15.7. The van der Waals surface area contributed by atoms with E-state index in [1.165, 1.54) is 33.3 Å². The maximum atomic E-state index is 14.2. The van der Waals surface area contributed by atoms with E-state index in [0.29, 0.717) is 0 Å². The molecule has 7 atom stereocenters. The summed E-state index contributed by atoms with van der Waals surface area (Å²) in [7, 11) is -1.04. The zero-order chi connectivity index (χ0) is 31.7. The Morgan fingerprint density at radius 1 is 0.750 bits per heavy atom. The highest BCUT2D eigenvalue weighted by Gasteiger charge is 2.55. The number of sulfone groups is 1. The number of carbonyl (C=O) groups excluding carboxylic acids is 1. The standard InChI is InChI=1S/C34H42O9S/c1-23(2)33(44(36,37)27-19-13-8-14-20-27)31(42-24(3)35)30-28(40-21-25-15-9-6-10-16-25)29(32(38-4)34(39-5)43-30)41-22-26-17-11-7-12-18-26/h6-20,23,28-34H,21-22H2,1-5H3/t28-,29-,30+,31?,32-,33?,34-/m1/s1. The molecule has 1 saturated heterocycles. The summed E-state index contributed by atoms with van der Waals surface area (Å²) in [5.41, 5.74) is 1.81. The molecule has 1 heterocycles. The van der Waals surface area contributed by atoms with Gasteiger partial charge in [-0.25, -0.2) is 8.42 Å². The summed E-state index contributed by atoms with van der Waals surface area (Å²) in [6.07, 6.45) is -5.83. The fourth-order valence-electron chi connectivity index (χ4n) is 5.64. The molecule has 0 saturated carbocycles. The molecular weight excluding hydrogens is 584 g/mol. The van der Waals surface area contributed by atoms with Crippen LogP contribution in [0, 0.1) is 5.92 Å². The maximum absolute atomic E-state index is 14.2. The van der Waals surface area contributed by atoms with Crippen molar-refractivity contribution in [2.45, 2.75) is 80.9 Å². The van der Waals surface area contributed by atoms with Crippen LogP contribution < -0.4 is 0 Å². The summed E-state index contributed by atoms with van der Waals surface area (Å²) in [6.45, 7) is 5.18. The lowest BCUT2D eigenvalue weighted by molar-refractivity contribution is -0.325. The van der Waals surface area contributed by atoms with Gasteiger partial charge in [0.15, 0.2) is 16.1 Å². The van der Waals surface area contributed by atoms with Crippen molar-refractivity contribution in [3.05, 3.63) is 102 Å². The van der Waals surface area contributed by atoms with E-state index in [1.807, 2.05) is 60.7 Å². The fourth-order valence-corrected chi connectivity index (χ4v) is 7.78. The Hall–Kier alpha value is -3.12. The van der Waals surface area contributed by atoms with Crippen LogP contribution in [0.25, 0.3) is 0 Å². The van der Waals surface area contributed by atoms with Gasteiger partial charge < -0.3 is 28.4 Å². The number of benzene rings is 3. The van der Waals surface area contributed by atoms with E-state index >= 15 is 0 Å². The van der Waals surface area contributed by atoms with Crippen LogP contribution in [0.1, 0.15) is 31.9 Å². The van der Waals surface area contributed by atoms with Gasteiger partial charge in [0, 0.05) is 21.1 Å². The van der Waals surface area contributed by atoms with Gasteiger partial charge >= 0.3 is 5.97 Å². The van der Waals surface area contributed by atoms with E-state index in [1.54, 1.807) is 32.0 Å². The first-order valence-electron chi connectivity index (χ1n) is 14.7. The molecule has 10 heteroatoms. The molecule has 2 unspecified atom stereocenters. The zero-order valence-corrected chi connectivity index (χ0v) is 26.6. The lowest BCUT2D eigenvalue weighted by Gasteiger charge is -2.48. The van der Waals surface area contributed by atoms with E-state index in [4.69, 9.17) is 28.4 Å². The summed E-state index contributed by atoms with van der Waals surface area (Å²) < 4.78 is 65.4. The van der Waals surface area contributed by atoms with Crippen molar-refractivity contribution >= 4 is 15.8 Å². The van der Waals surface area contributed by atoms with Crippen molar-refractivity contribution in [3.8, 4) is 0 Å². The molecule has 238 valence electrons. The number of methoxy groups -OCH3 is 2. The molecule has 0 N–H and O–H groups in total. The summed E-state index contributed by atoms with van der Waals surface area (Å²) in [5, 5.41) is -1.19. The summed E-state index contributed by atoms with van der Waals surface area (Å²) in [6, 6.07) is 27.3. The predicted octanol–water partition coefficient (Wildman–Crippen LogP) is 4.97. The van der Waals surface area contributed by atoms with Crippen LogP contribution in [-0.4, -0.2) is 70.7 Å². The van der Waals surface area contributed by atoms with Crippen molar-refractivity contribution in [1.29, 1.82) is 0 Å². The Labute approximate surface area is 260 Å².